The van der Waals surface area contributed by atoms with Crippen LogP contribution in [0.15, 0.2) is 18.3 Å². The van der Waals surface area contributed by atoms with E-state index in [2.05, 4.69) is 10.3 Å². The summed E-state index contributed by atoms with van der Waals surface area (Å²) in [5.74, 6) is 0.551. The van der Waals surface area contributed by atoms with Gasteiger partial charge in [0.05, 0.1) is 5.69 Å². The monoisotopic (exact) mass is 360 g/mol. The minimum Gasteiger partial charge on any atom is -0.475 e. The molecule has 3 heterocycles. The molecule has 142 valence electrons. The molecule has 0 unspecified atom stereocenters. The smallest absolute Gasteiger partial charge is 0.267 e. The Balaban J connectivity index is 1.88. The Kier molecular flexibility index (Phi) is 5.46. The molecule has 0 aliphatic carbocycles. The van der Waals surface area contributed by atoms with E-state index in [0.29, 0.717) is 44.6 Å². The molecule has 2 aliphatic heterocycles. The van der Waals surface area contributed by atoms with Crippen molar-refractivity contribution in [3.05, 3.63) is 24.0 Å². The van der Waals surface area contributed by atoms with Crippen LogP contribution in [0.1, 0.15) is 31.4 Å². The highest BCUT2D eigenvalue weighted by atomic mass is 16.5. The zero-order valence-corrected chi connectivity index (χ0v) is 15.8. The van der Waals surface area contributed by atoms with Crippen LogP contribution in [-0.2, 0) is 9.59 Å². The van der Waals surface area contributed by atoms with Crippen LogP contribution < -0.4 is 10.1 Å². The number of nitrogens with one attached hydrogen (secondary N) is 1. The second-order valence-electron chi connectivity index (χ2n) is 7.32. The van der Waals surface area contributed by atoms with Crippen molar-refractivity contribution in [3.8, 4) is 5.75 Å². The van der Waals surface area contributed by atoms with E-state index < -0.39 is 5.60 Å². The van der Waals surface area contributed by atoms with Crippen LogP contribution in [0.3, 0.4) is 0 Å². The second-order valence-corrected chi connectivity index (χ2v) is 7.32. The van der Waals surface area contributed by atoms with E-state index in [1.807, 2.05) is 19.1 Å². The lowest BCUT2D eigenvalue weighted by atomic mass is 9.89. The molecule has 0 saturated carbocycles. The molecule has 26 heavy (non-hydrogen) atoms. The second kappa shape index (κ2) is 7.61. The van der Waals surface area contributed by atoms with Gasteiger partial charge in [-0.15, -0.1) is 0 Å². The van der Waals surface area contributed by atoms with E-state index in [1.54, 1.807) is 30.1 Å². The Bertz CT molecular complexity index is 671. The highest BCUT2D eigenvalue weighted by Crippen LogP contribution is 2.32. The number of hydrogen-bond donors (Lipinski definition) is 1. The average Bonchev–Trinajstić information content (AvgIpc) is 3.12. The number of ether oxygens (including phenoxy) is 1. The van der Waals surface area contributed by atoms with Gasteiger partial charge < -0.3 is 19.9 Å². The predicted octanol–water partition coefficient (Wildman–Crippen LogP) is 0.970. The van der Waals surface area contributed by atoms with Crippen molar-refractivity contribution >= 4 is 11.8 Å². The number of aromatic nitrogens is 1. The molecule has 1 aromatic heterocycles. The lowest BCUT2D eigenvalue weighted by molar-refractivity contribution is -0.155. The summed E-state index contributed by atoms with van der Waals surface area (Å²) in [5, 5.41) is 3.30. The molecule has 1 aromatic rings. The molecule has 1 atom stereocenters. The van der Waals surface area contributed by atoms with Crippen LogP contribution in [0.5, 0.6) is 5.75 Å². The third-order valence-corrected chi connectivity index (χ3v) is 5.30. The van der Waals surface area contributed by atoms with Crippen molar-refractivity contribution < 1.29 is 14.3 Å². The van der Waals surface area contributed by atoms with Gasteiger partial charge in [-0.3, -0.25) is 14.6 Å². The fourth-order valence-corrected chi connectivity index (χ4v) is 3.80. The molecule has 0 aromatic carbocycles. The standard InChI is InChI=1S/C19H28N4O3/c1-14-16(7-4-10-21-14)26-19(8-11-20-12-9-19)18(25)23-13-5-6-15(23)17(24)22(2)3/h4,7,10,15,20H,5-6,8-9,11-13H2,1-3H3/t15-/m0/s1. The summed E-state index contributed by atoms with van der Waals surface area (Å²) in [5.41, 5.74) is -0.172. The molecular formula is C19H28N4O3. The topological polar surface area (TPSA) is 74.8 Å². The van der Waals surface area contributed by atoms with Gasteiger partial charge in [0, 0.05) is 39.7 Å². The van der Waals surface area contributed by atoms with Gasteiger partial charge in [-0.05, 0) is 45.0 Å². The summed E-state index contributed by atoms with van der Waals surface area (Å²) in [7, 11) is 3.47. The summed E-state index contributed by atoms with van der Waals surface area (Å²) < 4.78 is 6.32. The van der Waals surface area contributed by atoms with E-state index in [1.165, 1.54) is 0 Å². The number of carbonyl (C=O) groups excluding carboxylic acids is 2. The third-order valence-electron chi connectivity index (χ3n) is 5.30. The van der Waals surface area contributed by atoms with Crippen molar-refractivity contribution in [2.45, 2.75) is 44.2 Å². The number of likely N-dealkylation sites (N-methyl/N-ethyl adjacent to an activating group) is 1. The maximum absolute atomic E-state index is 13.6. The lowest BCUT2D eigenvalue weighted by Crippen LogP contribution is -2.60. The van der Waals surface area contributed by atoms with Crippen molar-refractivity contribution in [1.82, 2.24) is 20.1 Å². The van der Waals surface area contributed by atoms with E-state index in [4.69, 9.17) is 4.74 Å². The van der Waals surface area contributed by atoms with Gasteiger partial charge in [-0.2, -0.15) is 0 Å². The molecule has 1 N–H and O–H groups in total. The molecule has 2 aliphatic rings. The fraction of sp³-hybridized carbons (Fsp3) is 0.632. The summed E-state index contributed by atoms with van der Waals surface area (Å²) in [4.78, 5) is 33.7. The fourth-order valence-electron chi connectivity index (χ4n) is 3.80. The minimum absolute atomic E-state index is 0.0162. The number of aryl methyl sites for hydroxylation is 1. The number of pyridine rings is 1. The first kappa shape index (κ1) is 18.6. The average molecular weight is 360 g/mol. The Hall–Kier alpha value is -2.15. The predicted molar refractivity (Wildman–Crippen MR) is 97.9 cm³/mol. The SMILES string of the molecule is Cc1ncccc1OC1(C(=O)N2CCC[C@H]2C(=O)N(C)C)CCNCC1. The zero-order valence-electron chi connectivity index (χ0n) is 15.8. The van der Waals surface area contributed by atoms with Crippen LogP contribution >= 0.6 is 0 Å². The number of amides is 2. The van der Waals surface area contributed by atoms with Gasteiger partial charge in [0.25, 0.3) is 5.91 Å². The summed E-state index contributed by atoms with van der Waals surface area (Å²) >= 11 is 0. The van der Waals surface area contributed by atoms with Crippen LogP contribution in [-0.4, -0.2) is 72.0 Å². The molecule has 3 rings (SSSR count). The Morgan fingerprint density at radius 1 is 1.35 bits per heavy atom. The molecule has 2 amide bonds. The van der Waals surface area contributed by atoms with Crippen molar-refractivity contribution in [3.63, 3.8) is 0 Å². The molecule has 0 spiro atoms. The largest absolute Gasteiger partial charge is 0.475 e. The minimum atomic E-state index is -0.936. The van der Waals surface area contributed by atoms with Gasteiger partial charge >= 0.3 is 0 Å². The first-order valence-electron chi connectivity index (χ1n) is 9.28. The quantitative estimate of drug-likeness (QED) is 0.866. The first-order valence-corrected chi connectivity index (χ1v) is 9.28. The molecular weight excluding hydrogens is 332 g/mol. The van der Waals surface area contributed by atoms with Crippen molar-refractivity contribution in [2.24, 2.45) is 0 Å². The number of carbonyl (C=O) groups is 2. The Morgan fingerprint density at radius 2 is 2.08 bits per heavy atom. The maximum Gasteiger partial charge on any atom is 0.267 e. The molecule has 0 bridgehead atoms. The Labute approximate surface area is 154 Å². The van der Waals surface area contributed by atoms with Crippen LogP contribution in [0, 0.1) is 6.92 Å². The molecule has 7 nitrogen and oxygen atoms in total. The molecule has 0 radical (unpaired) electrons. The van der Waals surface area contributed by atoms with Gasteiger partial charge in [-0.25, -0.2) is 0 Å². The van der Waals surface area contributed by atoms with E-state index >= 15 is 0 Å². The number of hydrogen-bond acceptors (Lipinski definition) is 5. The van der Waals surface area contributed by atoms with Crippen LogP contribution in [0.25, 0.3) is 0 Å². The maximum atomic E-state index is 13.6. The first-order chi connectivity index (χ1) is 12.4. The summed E-state index contributed by atoms with van der Waals surface area (Å²) in [6.07, 6.45) is 4.43. The lowest BCUT2D eigenvalue weighted by Gasteiger charge is -2.40. The van der Waals surface area contributed by atoms with E-state index in [-0.39, 0.29) is 17.9 Å². The normalized spacial score (nSPS) is 22.1. The number of likely N-dealkylation sites (tertiary alicyclic amines) is 1. The molecule has 2 fully saturated rings. The molecule has 7 heteroatoms. The number of nitrogens with zero attached hydrogens (tertiary/aromatic N) is 3. The number of piperidine rings is 1. The summed E-state index contributed by atoms with van der Waals surface area (Å²) in [6, 6.07) is 3.28. The van der Waals surface area contributed by atoms with E-state index in [0.717, 1.165) is 12.1 Å². The van der Waals surface area contributed by atoms with Gasteiger partial charge in [0.1, 0.15) is 11.8 Å². The van der Waals surface area contributed by atoms with Gasteiger partial charge in [0.2, 0.25) is 5.91 Å². The van der Waals surface area contributed by atoms with E-state index in [9.17, 15) is 9.59 Å². The zero-order chi connectivity index (χ0) is 18.7. The highest BCUT2D eigenvalue weighted by molar-refractivity contribution is 5.92. The van der Waals surface area contributed by atoms with Gasteiger partial charge in [0.15, 0.2) is 5.60 Å². The third kappa shape index (κ3) is 3.53. The summed E-state index contributed by atoms with van der Waals surface area (Å²) in [6.45, 7) is 3.91. The van der Waals surface area contributed by atoms with Crippen molar-refractivity contribution in [1.29, 1.82) is 0 Å². The van der Waals surface area contributed by atoms with Crippen molar-refractivity contribution in [2.75, 3.05) is 33.7 Å². The molecule has 2 saturated heterocycles. The highest BCUT2D eigenvalue weighted by Gasteiger charge is 2.48. The Morgan fingerprint density at radius 3 is 2.73 bits per heavy atom. The van der Waals surface area contributed by atoms with Gasteiger partial charge in [-0.1, -0.05) is 0 Å². The van der Waals surface area contributed by atoms with Crippen LogP contribution in [0.2, 0.25) is 0 Å². The number of rotatable bonds is 4. The van der Waals surface area contributed by atoms with Crippen LogP contribution in [0.4, 0.5) is 0 Å².